The molecule has 6 nitrogen and oxygen atoms in total. The van der Waals surface area contributed by atoms with E-state index in [2.05, 4.69) is 62.1 Å². The molecule has 0 fully saturated rings. The van der Waals surface area contributed by atoms with Crippen LogP contribution in [0.4, 0.5) is 0 Å². The van der Waals surface area contributed by atoms with Crippen molar-refractivity contribution < 1.29 is 4.52 Å². The summed E-state index contributed by atoms with van der Waals surface area (Å²) in [5, 5.41) is 5.42. The number of nitrogens with one attached hydrogen (secondary N) is 1. The first-order valence-corrected chi connectivity index (χ1v) is 9.14. The van der Waals surface area contributed by atoms with Gasteiger partial charge in [0, 0.05) is 35.6 Å². The maximum Gasteiger partial charge on any atom is 0.227 e. The lowest BCUT2D eigenvalue weighted by atomic mass is 10.1. The molecular formula is C21H19N5O. The van der Waals surface area contributed by atoms with Gasteiger partial charge in [0.25, 0.3) is 0 Å². The normalized spacial score (nSPS) is 11.6. The number of nitrogens with zero attached hydrogens (tertiary/aromatic N) is 4. The minimum absolute atomic E-state index is 0.620. The number of aromatic nitrogens is 5. The molecule has 0 bridgehead atoms. The zero-order valence-electron chi connectivity index (χ0n) is 15.0. The van der Waals surface area contributed by atoms with Crippen molar-refractivity contribution in [1.29, 1.82) is 0 Å². The summed E-state index contributed by atoms with van der Waals surface area (Å²) in [4.78, 5) is 12.3. The van der Waals surface area contributed by atoms with Gasteiger partial charge in [-0.15, -0.1) is 0 Å². The number of benzene rings is 2. The molecule has 3 heterocycles. The second kappa shape index (κ2) is 6.39. The molecule has 6 heteroatoms. The number of H-pyrrole nitrogens is 1. The van der Waals surface area contributed by atoms with E-state index in [-0.39, 0.29) is 0 Å². The molecular weight excluding hydrogens is 338 g/mol. The molecule has 5 rings (SSSR count). The number of aryl methyl sites for hydroxylation is 3. The Labute approximate surface area is 155 Å². The molecule has 0 unspecified atom stereocenters. The molecule has 5 aromatic rings. The molecule has 0 aliphatic heterocycles. The summed E-state index contributed by atoms with van der Waals surface area (Å²) in [7, 11) is 0. The van der Waals surface area contributed by atoms with Crippen LogP contribution in [0.5, 0.6) is 0 Å². The van der Waals surface area contributed by atoms with Crippen LogP contribution < -0.4 is 0 Å². The predicted molar refractivity (Wildman–Crippen MR) is 104 cm³/mol. The smallest absolute Gasteiger partial charge is 0.227 e. The average Bonchev–Trinajstić information content (AvgIpc) is 3.43. The highest BCUT2D eigenvalue weighted by atomic mass is 16.5. The third kappa shape index (κ3) is 2.79. The van der Waals surface area contributed by atoms with Gasteiger partial charge in [-0.05, 0) is 43.2 Å². The van der Waals surface area contributed by atoms with Crippen molar-refractivity contribution in [3.63, 3.8) is 0 Å². The van der Waals surface area contributed by atoms with Gasteiger partial charge in [-0.1, -0.05) is 23.4 Å². The van der Waals surface area contributed by atoms with E-state index in [0.29, 0.717) is 18.1 Å². The van der Waals surface area contributed by atoms with Crippen LogP contribution in [0.2, 0.25) is 0 Å². The molecule has 27 heavy (non-hydrogen) atoms. The third-order valence-electron chi connectivity index (χ3n) is 4.97. The number of para-hydroxylation sites is 1. The lowest BCUT2D eigenvalue weighted by Crippen LogP contribution is -1.92. The Morgan fingerprint density at radius 2 is 2.04 bits per heavy atom. The Kier molecular flexibility index (Phi) is 3.74. The Morgan fingerprint density at radius 3 is 2.96 bits per heavy atom. The van der Waals surface area contributed by atoms with Crippen LogP contribution in [0.25, 0.3) is 33.3 Å². The van der Waals surface area contributed by atoms with Crippen molar-refractivity contribution in [3.8, 4) is 11.4 Å². The first kappa shape index (κ1) is 15.8. The van der Waals surface area contributed by atoms with Crippen LogP contribution in [0.15, 0.2) is 59.5 Å². The second-order valence-electron chi connectivity index (χ2n) is 6.61. The molecule has 1 N–H and O–H groups in total. The molecule has 3 aromatic heterocycles. The van der Waals surface area contributed by atoms with E-state index in [0.717, 1.165) is 35.1 Å². The van der Waals surface area contributed by atoms with Crippen molar-refractivity contribution in [2.24, 2.45) is 0 Å². The summed E-state index contributed by atoms with van der Waals surface area (Å²) in [5.74, 6) is 1.27. The summed E-state index contributed by atoms with van der Waals surface area (Å²) in [5.41, 5.74) is 5.42. The molecule has 134 valence electrons. The molecule has 0 aliphatic rings. The molecule has 0 saturated heterocycles. The van der Waals surface area contributed by atoms with Crippen molar-refractivity contribution >= 4 is 21.9 Å². The van der Waals surface area contributed by atoms with E-state index >= 15 is 0 Å². The first-order valence-electron chi connectivity index (χ1n) is 9.14. The number of fused-ring (bicyclic) bond motifs is 2. The highest BCUT2D eigenvalue weighted by molar-refractivity contribution is 5.83. The summed E-state index contributed by atoms with van der Waals surface area (Å²) in [6, 6.07) is 14.4. The Morgan fingerprint density at radius 1 is 1.11 bits per heavy atom. The van der Waals surface area contributed by atoms with Gasteiger partial charge < -0.3 is 14.1 Å². The van der Waals surface area contributed by atoms with Gasteiger partial charge in [0.15, 0.2) is 0 Å². The van der Waals surface area contributed by atoms with Gasteiger partial charge in [-0.2, -0.15) is 4.98 Å². The number of rotatable bonds is 5. The summed E-state index contributed by atoms with van der Waals surface area (Å²) in [6.07, 6.45) is 5.48. The topological polar surface area (TPSA) is 72.5 Å². The van der Waals surface area contributed by atoms with Crippen molar-refractivity contribution in [3.05, 3.63) is 66.4 Å². The molecule has 0 aliphatic carbocycles. The highest BCUT2D eigenvalue weighted by Crippen LogP contribution is 2.23. The maximum atomic E-state index is 5.49. The van der Waals surface area contributed by atoms with Crippen molar-refractivity contribution in [2.75, 3.05) is 0 Å². The van der Waals surface area contributed by atoms with E-state index in [1.165, 1.54) is 10.9 Å². The van der Waals surface area contributed by atoms with Gasteiger partial charge >= 0.3 is 0 Å². The molecule has 2 aromatic carbocycles. The zero-order chi connectivity index (χ0) is 18.2. The maximum absolute atomic E-state index is 5.49. The second-order valence-corrected chi connectivity index (χ2v) is 6.61. The lowest BCUT2D eigenvalue weighted by Gasteiger charge is -2.00. The minimum Gasteiger partial charge on any atom is -0.361 e. The fourth-order valence-corrected chi connectivity index (χ4v) is 3.50. The standard InChI is InChI=1S/C21H19N5O/c1-2-26-13-23-18-9-7-14(11-19(18)26)21-24-20(27-25-21)10-8-15-12-22-17-6-4-3-5-16(15)17/h3-7,9,11-13,22H,2,8,10H2,1H3. The van der Waals surface area contributed by atoms with Crippen LogP contribution in [-0.2, 0) is 19.4 Å². The third-order valence-corrected chi connectivity index (χ3v) is 4.97. The van der Waals surface area contributed by atoms with Crippen LogP contribution >= 0.6 is 0 Å². The lowest BCUT2D eigenvalue weighted by molar-refractivity contribution is 0.379. The number of hydrogen-bond acceptors (Lipinski definition) is 4. The highest BCUT2D eigenvalue weighted by Gasteiger charge is 2.12. The van der Waals surface area contributed by atoms with Gasteiger partial charge in [0.2, 0.25) is 11.7 Å². The Bertz CT molecular complexity index is 1230. The Hall–Kier alpha value is -3.41. The van der Waals surface area contributed by atoms with Crippen molar-refractivity contribution in [2.45, 2.75) is 26.3 Å². The fourth-order valence-electron chi connectivity index (χ4n) is 3.50. The summed E-state index contributed by atoms with van der Waals surface area (Å²) in [6.45, 7) is 2.98. The van der Waals surface area contributed by atoms with E-state index in [1.807, 2.05) is 24.5 Å². The molecule has 0 saturated carbocycles. The molecule has 0 radical (unpaired) electrons. The van der Waals surface area contributed by atoms with Gasteiger partial charge in [-0.3, -0.25) is 0 Å². The number of hydrogen-bond donors (Lipinski definition) is 1. The molecule has 0 spiro atoms. The fraction of sp³-hybridized carbons (Fsp3) is 0.190. The monoisotopic (exact) mass is 357 g/mol. The van der Waals surface area contributed by atoms with Crippen LogP contribution in [0.3, 0.4) is 0 Å². The average molecular weight is 357 g/mol. The SMILES string of the molecule is CCn1cnc2ccc(-c3noc(CCc4c[nH]c5ccccc45)n3)cc21. The van der Waals surface area contributed by atoms with Crippen LogP contribution in [-0.4, -0.2) is 24.7 Å². The minimum atomic E-state index is 0.620. The van der Waals surface area contributed by atoms with Gasteiger partial charge in [0.05, 0.1) is 17.4 Å². The predicted octanol–water partition coefficient (Wildman–Crippen LogP) is 4.37. The zero-order valence-corrected chi connectivity index (χ0v) is 15.0. The summed E-state index contributed by atoms with van der Waals surface area (Å²) >= 11 is 0. The molecule has 0 atom stereocenters. The quantitative estimate of drug-likeness (QED) is 0.507. The van der Waals surface area contributed by atoms with E-state index in [9.17, 15) is 0 Å². The largest absolute Gasteiger partial charge is 0.361 e. The van der Waals surface area contributed by atoms with Crippen LogP contribution in [0.1, 0.15) is 18.4 Å². The van der Waals surface area contributed by atoms with E-state index < -0.39 is 0 Å². The Balaban J connectivity index is 1.38. The van der Waals surface area contributed by atoms with E-state index in [1.54, 1.807) is 0 Å². The number of imidazole rings is 1. The van der Waals surface area contributed by atoms with Gasteiger partial charge in [0.1, 0.15) is 0 Å². The first-order chi connectivity index (χ1) is 13.3. The molecule has 0 amide bonds. The van der Waals surface area contributed by atoms with Crippen LogP contribution in [0, 0.1) is 0 Å². The summed E-state index contributed by atoms with van der Waals surface area (Å²) < 4.78 is 7.59. The van der Waals surface area contributed by atoms with Gasteiger partial charge in [-0.25, -0.2) is 4.98 Å². The number of aromatic amines is 1. The van der Waals surface area contributed by atoms with E-state index in [4.69, 9.17) is 4.52 Å². The van der Waals surface area contributed by atoms with Crippen molar-refractivity contribution in [1.82, 2.24) is 24.7 Å².